The van der Waals surface area contributed by atoms with Crippen LogP contribution in [0.15, 0.2) is 59.1 Å². The van der Waals surface area contributed by atoms with Crippen molar-refractivity contribution in [3.05, 3.63) is 82.7 Å². The van der Waals surface area contributed by atoms with Crippen molar-refractivity contribution in [3.8, 4) is 34.0 Å². The van der Waals surface area contributed by atoms with E-state index in [1.807, 2.05) is 26.0 Å². The fraction of sp³-hybridized carbons (Fsp3) is 0.344. The van der Waals surface area contributed by atoms with Crippen LogP contribution in [0, 0.1) is 0 Å². The molecule has 0 amide bonds. The lowest BCUT2D eigenvalue weighted by Crippen LogP contribution is -2.10. The molecule has 0 bridgehead atoms. The smallest absolute Gasteiger partial charge is 0.417 e. The Kier molecular flexibility index (Phi) is 7.16. The monoisotopic (exact) mass is 578 g/mol. The van der Waals surface area contributed by atoms with E-state index in [-0.39, 0.29) is 29.8 Å². The highest BCUT2D eigenvalue weighted by atomic mass is 19.4. The second-order valence-corrected chi connectivity index (χ2v) is 10.9. The molecule has 0 saturated heterocycles. The first kappa shape index (κ1) is 27.8. The van der Waals surface area contributed by atoms with Crippen molar-refractivity contribution in [1.29, 1.82) is 0 Å². The number of benzene rings is 3. The van der Waals surface area contributed by atoms with Crippen molar-refractivity contribution in [2.24, 2.45) is 0 Å². The van der Waals surface area contributed by atoms with Crippen molar-refractivity contribution in [1.82, 2.24) is 10.1 Å². The molecule has 7 nitrogen and oxygen atoms in total. The molecular formula is C32H29F3N2O5. The average Bonchev–Trinajstić information content (AvgIpc) is 3.71. The summed E-state index contributed by atoms with van der Waals surface area (Å²) in [6.45, 7) is 4.24. The van der Waals surface area contributed by atoms with Crippen LogP contribution in [0.3, 0.4) is 0 Å². The van der Waals surface area contributed by atoms with Crippen LogP contribution in [0.5, 0.6) is 11.5 Å². The summed E-state index contributed by atoms with van der Waals surface area (Å²) in [4.78, 5) is 16.1. The first-order chi connectivity index (χ1) is 20.1. The Balaban J connectivity index is 1.29. The minimum atomic E-state index is -4.53. The molecule has 1 aromatic heterocycles. The quantitative estimate of drug-likeness (QED) is 0.208. The van der Waals surface area contributed by atoms with E-state index >= 15 is 0 Å². The maximum atomic E-state index is 14.2. The number of hydrogen-bond donors (Lipinski definition) is 0. The summed E-state index contributed by atoms with van der Waals surface area (Å²) in [6.07, 6.45) is -3.75. The van der Waals surface area contributed by atoms with Crippen LogP contribution in [0.25, 0.3) is 22.5 Å². The van der Waals surface area contributed by atoms with Gasteiger partial charge in [0.05, 0.1) is 25.7 Å². The molecule has 2 heterocycles. The van der Waals surface area contributed by atoms with E-state index in [4.69, 9.17) is 18.7 Å². The highest BCUT2D eigenvalue weighted by Crippen LogP contribution is 2.47. The SMILES string of the molecule is COC(=O)C[C@@H]1COc2cc(O[C@@H]3CCc4c3ccc(C(F)(F)F)c4-c3ccc(-c4noc(C(C)C)n4)cc3)ccc21. The van der Waals surface area contributed by atoms with E-state index in [0.717, 1.165) is 17.2 Å². The number of nitrogens with zero attached hydrogens (tertiary/aromatic N) is 2. The lowest BCUT2D eigenvalue weighted by molar-refractivity contribution is -0.141. The van der Waals surface area contributed by atoms with Crippen LogP contribution >= 0.6 is 0 Å². The molecule has 42 heavy (non-hydrogen) atoms. The summed E-state index contributed by atoms with van der Waals surface area (Å²) >= 11 is 0. The predicted molar refractivity (Wildman–Crippen MR) is 147 cm³/mol. The van der Waals surface area contributed by atoms with Gasteiger partial charge in [-0.1, -0.05) is 55.4 Å². The topological polar surface area (TPSA) is 83.7 Å². The van der Waals surface area contributed by atoms with Gasteiger partial charge in [-0.2, -0.15) is 18.2 Å². The number of esters is 1. The number of carbonyl (C=O) groups is 1. The largest absolute Gasteiger partial charge is 0.492 e. The van der Waals surface area contributed by atoms with Crippen LogP contribution in [-0.2, 0) is 22.1 Å². The minimum Gasteiger partial charge on any atom is -0.492 e. The zero-order chi connectivity index (χ0) is 29.6. The van der Waals surface area contributed by atoms with Gasteiger partial charge in [0.15, 0.2) is 0 Å². The second kappa shape index (κ2) is 10.8. The number of hydrogen-bond acceptors (Lipinski definition) is 7. The van der Waals surface area contributed by atoms with Gasteiger partial charge in [0, 0.05) is 29.0 Å². The lowest BCUT2D eigenvalue weighted by Gasteiger charge is -2.20. The van der Waals surface area contributed by atoms with Gasteiger partial charge in [-0.25, -0.2) is 0 Å². The van der Waals surface area contributed by atoms with Crippen molar-refractivity contribution in [3.63, 3.8) is 0 Å². The van der Waals surface area contributed by atoms with Gasteiger partial charge in [-0.3, -0.25) is 4.79 Å². The van der Waals surface area contributed by atoms with E-state index in [0.29, 0.717) is 59.4 Å². The van der Waals surface area contributed by atoms with Gasteiger partial charge in [-0.15, -0.1) is 0 Å². The number of ether oxygens (including phenoxy) is 3. The van der Waals surface area contributed by atoms with Crippen LogP contribution in [0.4, 0.5) is 13.2 Å². The van der Waals surface area contributed by atoms with Crippen molar-refractivity contribution < 1.29 is 36.7 Å². The number of rotatable bonds is 7. The zero-order valence-corrected chi connectivity index (χ0v) is 23.3. The fourth-order valence-electron chi connectivity index (χ4n) is 5.68. The van der Waals surface area contributed by atoms with Crippen LogP contribution < -0.4 is 9.47 Å². The third kappa shape index (κ3) is 5.21. The maximum absolute atomic E-state index is 14.2. The van der Waals surface area contributed by atoms with Gasteiger partial charge >= 0.3 is 12.1 Å². The summed E-state index contributed by atoms with van der Waals surface area (Å²) in [5, 5.41) is 4.00. The average molecular weight is 579 g/mol. The molecule has 4 aromatic rings. The molecule has 218 valence electrons. The van der Waals surface area contributed by atoms with Gasteiger partial charge in [0.25, 0.3) is 0 Å². The number of aromatic nitrogens is 2. The van der Waals surface area contributed by atoms with Gasteiger partial charge < -0.3 is 18.7 Å². The Morgan fingerprint density at radius 1 is 1.05 bits per heavy atom. The number of fused-ring (bicyclic) bond motifs is 2. The summed E-state index contributed by atoms with van der Waals surface area (Å²) < 4.78 is 64.8. The highest BCUT2D eigenvalue weighted by molar-refractivity contribution is 5.76. The van der Waals surface area contributed by atoms with E-state index < -0.39 is 17.8 Å². The molecule has 3 aromatic carbocycles. The summed E-state index contributed by atoms with van der Waals surface area (Å²) in [7, 11) is 1.35. The molecular weight excluding hydrogens is 549 g/mol. The van der Waals surface area contributed by atoms with Gasteiger partial charge in [-0.05, 0) is 47.2 Å². The molecule has 0 N–H and O–H groups in total. The summed E-state index contributed by atoms with van der Waals surface area (Å²) in [5.41, 5.74) is 2.85. The molecule has 0 unspecified atom stereocenters. The van der Waals surface area contributed by atoms with Crippen LogP contribution in [-0.4, -0.2) is 29.8 Å². The molecule has 0 saturated carbocycles. The molecule has 2 aliphatic rings. The van der Waals surface area contributed by atoms with E-state index in [2.05, 4.69) is 10.1 Å². The summed E-state index contributed by atoms with van der Waals surface area (Å²) in [6, 6.07) is 14.9. The first-order valence-electron chi connectivity index (χ1n) is 13.8. The number of alkyl halides is 3. The van der Waals surface area contributed by atoms with Gasteiger partial charge in [0.2, 0.25) is 11.7 Å². The van der Waals surface area contributed by atoms with Gasteiger partial charge in [0.1, 0.15) is 17.6 Å². The Bertz CT molecular complexity index is 1630. The molecule has 1 aliphatic heterocycles. The molecule has 0 fully saturated rings. The Morgan fingerprint density at radius 2 is 1.79 bits per heavy atom. The van der Waals surface area contributed by atoms with Crippen molar-refractivity contribution in [2.45, 2.75) is 57.2 Å². The summed E-state index contributed by atoms with van der Waals surface area (Å²) in [5.74, 6) is 1.74. The third-order valence-corrected chi connectivity index (χ3v) is 7.81. The Morgan fingerprint density at radius 3 is 2.48 bits per heavy atom. The lowest BCUT2D eigenvalue weighted by atomic mass is 9.91. The van der Waals surface area contributed by atoms with Crippen LogP contribution in [0.2, 0.25) is 0 Å². The molecule has 6 rings (SSSR count). The van der Waals surface area contributed by atoms with Crippen LogP contribution in [0.1, 0.15) is 72.8 Å². The van der Waals surface area contributed by atoms with E-state index in [1.54, 1.807) is 30.3 Å². The first-order valence-corrected chi connectivity index (χ1v) is 13.8. The third-order valence-electron chi connectivity index (χ3n) is 7.81. The predicted octanol–water partition coefficient (Wildman–Crippen LogP) is 7.65. The van der Waals surface area contributed by atoms with E-state index in [1.165, 1.54) is 13.2 Å². The molecule has 0 radical (unpaired) electrons. The second-order valence-electron chi connectivity index (χ2n) is 10.9. The van der Waals surface area contributed by atoms with Crippen molar-refractivity contribution >= 4 is 5.97 Å². The molecule has 1 aliphatic carbocycles. The maximum Gasteiger partial charge on any atom is 0.417 e. The number of halogens is 3. The van der Waals surface area contributed by atoms with E-state index in [9.17, 15) is 18.0 Å². The highest BCUT2D eigenvalue weighted by Gasteiger charge is 2.38. The fourth-order valence-corrected chi connectivity index (χ4v) is 5.68. The normalized spacial score (nSPS) is 17.6. The van der Waals surface area contributed by atoms with Crippen molar-refractivity contribution in [2.75, 3.05) is 13.7 Å². The number of methoxy groups -OCH3 is 1. The molecule has 0 spiro atoms. The Hall–Kier alpha value is -4.34. The number of carbonyl (C=O) groups excluding carboxylic acids is 1. The Labute approximate surface area is 240 Å². The minimum absolute atomic E-state index is 0.0646. The standard InChI is InChI=1S/C32H29F3N2O5/c1-17(2)31-36-30(37-42-31)19-6-4-18(5-7-19)29-24-11-13-26(23(24)10-12-25(29)32(33,34)35)41-21-8-9-22-20(14-28(38)39-3)16-40-27(22)15-21/h4-10,12,15,17,20,26H,11,13-14,16H2,1-3H3/t20-,26-/m1/s1. The zero-order valence-electron chi connectivity index (χ0n) is 23.3. The molecule has 10 heteroatoms. The molecule has 2 atom stereocenters.